The standard InChI is InChI=1S/C16H17ClN4O2/c1-18-16(23)13-6-12(4-5-14(13)17)20-15(22)11-7-19-21(9-11)8-10-2-3-10/h4-7,9-10H,2-3,8H2,1H3,(H,18,23)(H,20,22). The van der Waals surface area contributed by atoms with Crippen molar-refractivity contribution in [3.8, 4) is 0 Å². The van der Waals surface area contributed by atoms with Gasteiger partial charge in [-0.2, -0.15) is 5.10 Å². The lowest BCUT2D eigenvalue weighted by Gasteiger charge is -2.07. The number of nitrogens with zero attached hydrogens (tertiary/aromatic N) is 2. The van der Waals surface area contributed by atoms with E-state index in [2.05, 4.69) is 15.7 Å². The summed E-state index contributed by atoms with van der Waals surface area (Å²) in [5, 5.41) is 9.80. The molecule has 0 saturated heterocycles. The van der Waals surface area contributed by atoms with Crippen LogP contribution in [0.5, 0.6) is 0 Å². The Bertz CT molecular complexity index is 752. The van der Waals surface area contributed by atoms with E-state index < -0.39 is 0 Å². The molecule has 1 aromatic carbocycles. The molecule has 0 aliphatic heterocycles. The van der Waals surface area contributed by atoms with Crippen LogP contribution in [0.3, 0.4) is 0 Å². The van der Waals surface area contributed by atoms with Gasteiger partial charge in [-0.3, -0.25) is 14.3 Å². The smallest absolute Gasteiger partial charge is 0.258 e. The molecule has 1 aromatic heterocycles. The van der Waals surface area contributed by atoms with Gasteiger partial charge >= 0.3 is 0 Å². The molecule has 0 bridgehead atoms. The SMILES string of the molecule is CNC(=O)c1cc(NC(=O)c2cnn(CC3CC3)c2)ccc1Cl. The van der Waals surface area contributed by atoms with Gasteiger partial charge in [0.05, 0.1) is 22.3 Å². The maximum atomic E-state index is 12.3. The van der Waals surface area contributed by atoms with Crippen molar-refractivity contribution >= 4 is 29.1 Å². The minimum atomic E-state index is -0.302. The summed E-state index contributed by atoms with van der Waals surface area (Å²) in [6.07, 6.45) is 5.75. The number of nitrogens with one attached hydrogen (secondary N) is 2. The van der Waals surface area contributed by atoms with E-state index >= 15 is 0 Å². The molecular formula is C16H17ClN4O2. The largest absolute Gasteiger partial charge is 0.355 e. The third kappa shape index (κ3) is 3.71. The van der Waals surface area contributed by atoms with Crippen LogP contribution in [0.2, 0.25) is 5.02 Å². The Balaban J connectivity index is 1.71. The molecule has 0 unspecified atom stereocenters. The molecule has 1 aliphatic carbocycles. The summed E-state index contributed by atoms with van der Waals surface area (Å²) in [5.74, 6) is 0.123. The van der Waals surface area contributed by atoms with E-state index in [1.54, 1.807) is 35.3 Å². The van der Waals surface area contributed by atoms with Gasteiger partial charge in [-0.05, 0) is 37.0 Å². The third-order valence-electron chi connectivity index (χ3n) is 3.73. The molecule has 23 heavy (non-hydrogen) atoms. The highest BCUT2D eigenvalue weighted by Gasteiger charge is 2.22. The van der Waals surface area contributed by atoms with Gasteiger partial charge in [0.15, 0.2) is 0 Å². The van der Waals surface area contributed by atoms with E-state index in [9.17, 15) is 9.59 Å². The zero-order valence-electron chi connectivity index (χ0n) is 12.7. The van der Waals surface area contributed by atoms with Crippen LogP contribution in [0, 0.1) is 5.92 Å². The number of hydrogen-bond acceptors (Lipinski definition) is 3. The highest BCUT2D eigenvalue weighted by atomic mass is 35.5. The van der Waals surface area contributed by atoms with Crippen LogP contribution in [0.4, 0.5) is 5.69 Å². The average Bonchev–Trinajstić information content (AvgIpc) is 3.23. The number of benzene rings is 1. The number of hydrogen-bond donors (Lipinski definition) is 2. The van der Waals surface area contributed by atoms with Gasteiger partial charge in [0, 0.05) is 25.5 Å². The molecule has 0 radical (unpaired) electrons. The molecule has 0 atom stereocenters. The fourth-order valence-electron chi connectivity index (χ4n) is 2.26. The predicted octanol–water partition coefficient (Wildman–Crippen LogP) is 2.56. The summed E-state index contributed by atoms with van der Waals surface area (Å²) in [5.41, 5.74) is 1.31. The maximum absolute atomic E-state index is 12.3. The number of aromatic nitrogens is 2. The molecule has 0 spiro atoms. The number of anilines is 1. The van der Waals surface area contributed by atoms with E-state index in [1.807, 2.05) is 0 Å². The zero-order chi connectivity index (χ0) is 16.4. The van der Waals surface area contributed by atoms with Crippen LogP contribution in [0.25, 0.3) is 0 Å². The lowest BCUT2D eigenvalue weighted by Crippen LogP contribution is -2.19. The van der Waals surface area contributed by atoms with Crippen LogP contribution < -0.4 is 10.6 Å². The van der Waals surface area contributed by atoms with Crippen molar-refractivity contribution < 1.29 is 9.59 Å². The van der Waals surface area contributed by atoms with Crippen LogP contribution in [0.15, 0.2) is 30.6 Å². The van der Waals surface area contributed by atoms with Gasteiger partial charge in [-0.1, -0.05) is 11.6 Å². The van der Waals surface area contributed by atoms with Crippen molar-refractivity contribution in [2.75, 3.05) is 12.4 Å². The highest BCUT2D eigenvalue weighted by molar-refractivity contribution is 6.34. The molecule has 7 heteroatoms. The number of amides is 2. The Hall–Kier alpha value is -2.34. The fourth-order valence-corrected chi connectivity index (χ4v) is 2.46. The van der Waals surface area contributed by atoms with Crippen molar-refractivity contribution in [3.05, 3.63) is 46.7 Å². The lowest BCUT2D eigenvalue weighted by atomic mass is 10.2. The zero-order valence-corrected chi connectivity index (χ0v) is 13.4. The Kier molecular flexibility index (Phi) is 4.34. The van der Waals surface area contributed by atoms with Crippen LogP contribution in [-0.4, -0.2) is 28.6 Å². The van der Waals surface area contributed by atoms with Crippen LogP contribution in [0.1, 0.15) is 33.6 Å². The summed E-state index contributed by atoms with van der Waals surface area (Å²) < 4.78 is 1.80. The van der Waals surface area contributed by atoms with Crippen molar-refractivity contribution in [1.29, 1.82) is 0 Å². The van der Waals surface area contributed by atoms with E-state index in [4.69, 9.17) is 11.6 Å². The Morgan fingerprint density at radius 3 is 2.83 bits per heavy atom. The van der Waals surface area contributed by atoms with Crippen LogP contribution in [-0.2, 0) is 6.54 Å². The normalized spacial score (nSPS) is 13.7. The van der Waals surface area contributed by atoms with Crippen LogP contribution >= 0.6 is 11.6 Å². The summed E-state index contributed by atoms with van der Waals surface area (Å²) in [6, 6.07) is 4.78. The topological polar surface area (TPSA) is 76.0 Å². The van der Waals surface area contributed by atoms with E-state index in [0.29, 0.717) is 27.8 Å². The van der Waals surface area contributed by atoms with Gasteiger partial charge in [0.1, 0.15) is 0 Å². The molecule has 2 amide bonds. The molecule has 120 valence electrons. The molecule has 1 heterocycles. The van der Waals surface area contributed by atoms with Gasteiger partial charge in [0.2, 0.25) is 0 Å². The molecule has 1 fully saturated rings. The minimum absolute atomic E-state index is 0.266. The van der Waals surface area contributed by atoms with Gasteiger partial charge in [-0.15, -0.1) is 0 Å². The van der Waals surface area contributed by atoms with E-state index in [0.717, 1.165) is 6.54 Å². The monoisotopic (exact) mass is 332 g/mol. The number of halogens is 1. The summed E-state index contributed by atoms with van der Waals surface area (Å²) in [7, 11) is 1.53. The molecule has 3 rings (SSSR count). The molecule has 1 saturated carbocycles. The molecule has 6 nitrogen and oxygen atoms in total. The van der Waals surface area contributed by atoms with Crippen molar-refractivity contribution in [3.63, 3.8) is 0 Å². The Morgan fingerprint density at radius 1 is 1.35 bits per heavy atom. The van der Waals surface area contributed by atoms with Crippen molar-refractivity contribution in [2.24, 2.45) is 5.92 Å². The predicted molar refractivity (Wildman–Crippen MR) is 87.7 cm³/mol. The first-order valence-corrected chi connectivity index (χ1v) is 7.80. The average molecular weight is 333 g/mol. The Labute approximate surface area is 138 Å². The fraction of sp³-hybridized carbons (Fsp3) is 0.312. The summed E-state index contributed by atoms with van der Waals surface area (Å²) in [4.78, 5) is 24.0. The number of carbonyl (C=O) groups is 2. The second-order valence-corrected chi connectivity index (χ2v) is 6.03. The van der Waals surface area contributed by atoms with E-state index in [-0.39, 0.29) is 11.8 Å². The first-order valence-electron chi connectivity index (χ1n) is 7.42. The maximum Gasteiger partial charge on any atom is 0.258 e. The quantitative estimate of drug-likeness (QED) is 0.883. The van der Waals surface area contributed by atoms with Crippen molar-refractivity contribution in [1.82, 2.24) is 15.1 Å². The molecule has 2 aromatic rings. The highest BCUT2D eigenvalue weighted by Crippen LogP contribution is 2.30. The number of rotatable bonds is 5. The summed E-state index contributed by atoms with van der Waals surface area (Å²) in [6.45, 7) is 0.856. The van der Waals surface area contributed by atoms with Gasteiger partial charge < -0.3 is 10.6 Å². The van der Waals surface area contributed by atoms with Gasteiger partial charge in [0.25, 0.3) is 11.8 Å². The first-order chi connectivity index (χ1) is 11.1. The van der Waals surface area contributed by atoms with E-state index in [1.165, 1.54) is 19.9 Å². The minimum Gasteiger partial charge on any atom is -0.355 e. The second-order valence-electron chi connectivity index (χ2n) is 5.62. The number of carbonyl (C=O) groups excluding carboxylic acids is 2. The lowest BCUT2D eigenvalue weighted by molar-refractivity contribution is 0.0961. The second kappa shape index (κ2) is 6.42. The van der Waals surface area contributed by atoms with Gasteiger partial charge in [-0.25, -0.2) is 0 Å². The summed E-state index contributed by atoms with van der Waals surface area (Å²) >= 11 is 5.99. The Morgan fingerprint density at radius 2 is 2.13 bits per heavy atom. The molecule has 2 N–H and O–H groups in total. The third-order valence-corrected chi connectivity index (χ3v) is 4.06. The molecular weight excluding hydrogens is 316 g/mol. The van der Waals surface area contributed by atoms with Crippen molar-refractivity contribution in [2.45, 2.75) is 19.4 Å². The first kappa shape index (κ1) is 15.6. The molecule has 1 aliphatic rings.